The van der Waals surface area contributed by atoms with Crippen LogP contribution in [0.2, 0.25) is 0 Å². The van der Waals surface area contributed by atoms with E-state index in [2.05, 4.69) is 12.2 Å². The highest BCUT2D eigenvalue weighted by Crippen LogP contribution is 2.29. The third-order valence-electron chi connectivity index (χ3n) is 3.91. The van der Waals surface area contributed by atoms with Crippen LogP contribution in [0.5, 0.6) is 0 Å². The number of hydrogen-bond donors (Lipinski definition) is 1. The molecule has 4 heteroatoms. The van der Waals surface area contributed by atoms with Gasteiger partial charge in [0, 0.05) is 5.25 Å². The van der Waals surface area contributed by atoms with Crippen LogP contribution in [0.25, 0.3) is 0 Å². The van der Waals surface area contributed by atoms with Gasteiger partial charge in [-0.2, -0.15) is 11.8 Å². The number of nitrogens with one attached hydrogen (secondary N) is 1. The number of methoxy groups -OCH3 is 1. The van der Waals surface area contributed by atoms with Crippen LogP contribution in [0.3, 0.4) is 0 Å². The van der Waals surface area contributed by atoms with Crippen molar-refractivity contribution < 1.29 is 9.53 Å². The van der Waals surface area contributed by atoms with Crippen molar-refractivity contribution in [2.24, 2.45) is 0 Å². The molecule has 1 rings (SSSR count). The molecule has 1 fully saturated rings. The molecule has 1 atom stereocenters. The third-order valence-corrected chi connectivity index (χ3v) is 5.29. The van der Waals surface area contributed by atoms with Crippen molar-refractivity contribution in [3.8, 4) is 0 Å². The van der Waals surface area contributed by atoms with Crippen LogP contribution in [0.1, 0.15) is 58.8 Å². The second-order valence-electron chi connectivity index (χ2n) is 5.63. The van der Waals surface area contributed by atoms with Crippen LogP contribution in [0, 0.1) is 0 Å². The molecule has 0 spiro atoms. The number of esters is 1. The summed E-state index contributed by atoms with van der Waals surface area (Å²) in [5, 5.41) is 4.15. The van der Waals surface area contributed by atoms with E-state index in [4.69, 9.17) is 4.74 Å². The Morgan fingerprint density at radius 3 is 2.63 bits per heavy atom. The molecular formula is C15H29NO2S. The predicted molar refractivity (Wildman–Crippen MR) is 82.7 cm³/mol. The Kier molecular flexibility index (Phi) is 7.84. The van der Waals surface area contributed by atoms with Crippen molar-refractivity contribution >= 4 is 17.7 Å². The van der Waals surface area contributed by atoms with Gasteiger partial charge in [-0.15, -0.1) is 0 Å². The molecule has 1 saturated carbocycles. The molecule has 1 aliphatic carbocycles. The minimum absolute atomic E-state index is 0.134. The van der Waals surface area contributed by atoms with Crippen LogP contribution in [0.15, 0.2) is 0 Å². The number of carbonyl (C=O) groups excluding carboxylic acids is 1. The van der Waals surface area contributed by atoms with Crippen LogP contribution >= 0.6 is 11.8 Å². The molecule has 19 heavy (non-hydrogen) atoms. The first kappa shape index (κ1) is 16.8. The van der Waals surface area contributed by atoms with Gasteiger partial charge in [0.2, 0.25) is 0 Å². The van der Waals surface area contributed by atoms with Crippen LogP contribution in [-0.2, 0) is 9.53 Å². The summed E-state index contributed by atoms with van der Waals surface area (Å²) < 4.78 is 4.94. The number of thioether (sulfide) groups is 1. The second-order valence-corrected chi connectivity index (χ2v) is 7.04. The summed E-state index contributed by atoms with van der Waals surface area (Å²) >= 11 is 2.04. The van der Waals surface area contributed by atoms with Gasteiger partial charge in [0.25, 0.3) is 0 Å². The zero-order valence-corrected chi connectivity index (χ0v) is 13.5. The van der Waals surface area contributed by atoms with E-state index in [1.54, 1.807) is 0 Å². The quantitative estimate of drug-likeness (QED) is 0.695. The average molecular weight is 287 g/mol. The lowest BCUT2D eigenvalue weighted by molar-refractivity contribution is -0.148. The second kappa shape index (κ2) is 8.85. The summed E-state index contributed by atoms with van der Waals surface area (Å²) in [5.41, 5.74) is -0.521. The van der Waals surface area contributed by atoms with Gasteiger partial charge in [0.15, 0.2) is 0 Å². The predicted octanol–water partition coefficient (Wildman–Crippen LogP) is 3.37. The molecule has 112 valence electrons. The Morgan fingerprint density at radius 1 is 1.37 bits per heavy atom. The Hall–Kier alpha value is -0.220. The molecule has 0 aromatic carbocycles. The Bertz CT molecular complexity index is 267. The van der Waals surface area contributed by atoms with E-state index < -0.39 is 5.54 Å². The zero-order chi connectivity index (χ0) is 14.1. The van der Waals surface area contributed by atoms with Gasteiger partial charge in [-0.05, 0) is 44.9 Å². The molecule has 0 aromatic rings. The van der Waals surface area contributed by atoms with Crippen molar-refractivity contribution in [3.05, 3.63) is 0 Å². The Morgan fingerprint density at radius 2 is 2.05 bits per heavy atom. The molecular weight excluding hydrogens is 258 g/mol. The van der Waals surface area contributed by atoms with Crippen molar-refractivity contribution in [2.75, 3.05) is 19.4 Å². The van der Waals surface area contributed by atoms with Gasteiger partial charge in [-0.1, -0.05) is 26.2 Å². The molecule has 1 aliphatic rings. The largest absolute Gasteiger partial charge is 0.468 e. The summed E-state index contributed by atoms with van der Waals surface area (Å²) in [7, 11) is 1.47. The Balaban J connectivity index is 2.36. The molecule has 0 aromatic heterocycles. The zero-order valence-electron chi connectivity index (χ0n) is 12.7. The van der Waals surface area contributed by atoms with Crippen molar-refractivity contribution in [2.45, 2.75) is 69.6 Å². The van der Waals surface area contributed by atoms with Crippen LogP contribution in [0.4, 0.5) is 0 Å². The molecule has 1 N–H and O–H groups in total. The first-order chi connectivity index (χ1) is 9.12. The molecule has 0 aliphatic heterocycles. The lowest BCUT2D eigenvalue weighted by atomic mass is 9.99. The van der Waals surface area contributed by atoms with Gasteiger partial charge < -0.3 is 10.1 Å². The fourth-order valence-corrected chi connectivity index (χ4v) is 4.08. The summed E-state index contributed by atoms with van der Waals surface area (Å²) in [6.07, 6.45) is 8.72. The maximum absolute atomic E-state index is 11.9. The van der Waals surface area contributed by atoms with Gasteiger partial charge in [0.05, 0.1) is 7.11 Å². The summed E-state index contributed by atoms with van der Waals surface area (Å²) in [6, 6.07) is 0. The summed E-state index contributed by atoms with van der Waals surface area (Å²) in [6.45, 7) is 4.94. The fourth-order valence-electron chi connectivity index (χ4n) is 2.55. The maximum Gasteiger partial charge on any atom is 0.325 e. The lowest BCUT2D eigenvalue weighted by Crippen LogP contribution is -2.51. The Labute approximate surface area is 122 Å². The molecule has 0 saturated heterocycles. The van der Waals surface area contributed by atoms with Crippen molar-refractivity contribution in [1.82, 2.24) is 5.32 Å². The topological polar surface area (TPSA) is 38.3 Å². The minimum atomic E-state index is -0.521. The van der Waals surface area contributed by atoms with Gasteiger partial charge in [-0.3, -0.25) is 4.79 Å². The van der Waals surface area contributed by atoms with Crippen molar-refractivity contribution in [3.63, 3.8) is 0 Å². The SMILES string of the molecule is CCCNC(C)(CCSC1CCCCC1)C(=O)OC. The van der Waals surface area contributed by atoms with E-state index in [0.29, 0.717) is 0 Å². The van der Waals surface area contributed by atoms with E-state index in [0.717, 1.165) is 30.4 Å². The van der Waals surface area contributed by atoms with Gasteiger partial charge in [-0.25, -0.2) is 0 Å². The molecule has 0 amide bonds. The smallest absolute Gasteiger partial charge is 0.325 e. The van der Waals surface area contributed by atoms with Crippen LogP contribution in [-0.4, -0.2) is 36.2 Å². The monoisotopic (exact) mass is 287 g/mol. The van der Waals surface area contributed by atoms with Gasteiger partial charge in [0.1, 0.15) is 5.54 Å². The highest BCUT2D eigenvalue weighted by Gasteiger charge is 2.33. The van der Waals surface area contributed by atoms with Gasteiger partial charge >= 0.3 is 5.97 Å². The van der Waals surface area contributed by atoms with E-state index in [1.807, 2.05) is 18.7 Å². The molecule has 1 unspecified atom stereocenters. The summed E-state index contributed by atoms with van der Waals surface area (Å²) in [5.74, 6) is 0.901. The number of carbonyl (C=O) groups is 1. The maximum atomic E-state index is 11.9. The van der Waals surface area contributed by atoms with Crippen LogP contribution < -0.4 is 5.32 Å². The average Bonchev–Trinajstić information content (AvgIpc) is 2.45. The highest BCUT2D eigenvalue weighted by atomic mass is 32.2. The normalized spacial score (nSPS) is 19.9. The minimum Gasteiger partial charge on any atom is -0.468 e. The standard InChI is InChI=1S/C15H29NO2S/c1-4-11-16-15(2,14(17)18-3)10-12-19-13-8-6-5-7-9-13/h13,16H,4-12H2,1-3H3. The molecule has 0 heterocycles. The van der Waals surface area contributed by atoms with E-state index >= 15 is 0 Å². The van der Waals surface area contributed by atoms with E-state index in [9.17, 15) is 4.79 Å². The van der Waals surface area contributed by atoms with E-state index in [1.165, 1.54) is 39.2 Å². The number of rotatable bonds is 8. The summed E-state index contributed by atoms with van der Waals surface area (Å²) in [4.78, 5) is 11.9. The first-order valence-electron chi connectivity index (χ1n) is 7.57. The lowest BCUT2D eigenvalue weighted by Gasteiger charge is -2.29. The third kappa shape index (κ3) is 5.74. The first-order valence-corrected chi connectivity index (χ1v) is 8.62. The van der Waals surface area contributed by atoms with Crippen molar-refractivity contribution in [1.29, 1.82) is 0 Å². The van der Waals surface area contributed by atoms with E-state index in [-0.39, 0.29) is 5.97 Å². The fraction of sp³-hybridized carbons (Fsp3) is 0.933. The molecule has 3 nitrogen and oxygen atoms in total. The molecule has 0 radical (unpaired) electrons. The number of hydrogen-bond acceptors (Lipinski definition) is 4. The highest BCUT2D eigenvalue weighted by molar-refractivity contribution is 7.99. The molecule has 0 bridgehead atoms. The number of ether oxygens (including phenoxy) is 1.